The molecule has 0 spiro atoms. The summed E-state index contributed by atoms with van der Waals surface area (Å²) < 4.78 is 11.7. The van der Waals surface area contributed by atoms with Crippen LogP contribution in [-0.2, 0) is 9.47 Å². The van der Waals surface area contributed by atoms with Gasteiger partial charge >= 0.3 is 0 Å². The summed E-state index contributed by atoms with van der Waals surface area (Å²) in [6.45, 7) is 6.15. The molecule has 0 bridgehead atoms. The molecule has 2 heterocycles. The number of piperidine rings is 2. The third-order valence-corrected chi connectivity index (χ3v) is 8.20. The van der Waals surface area contributed by atoms with Crippen LogP contribution in [0.25, 0.3) is 0 Å². The van der Waals surface area contributed by atoms with Crippen LogP contribution in [-0.4, -0.2) is 55.6 Å². The number of hydrogen-bond donors (Lipinski definition) is 1. The molecule has 0 aromatic heterocycles. The van der Waals surface area contributed by atoms with Crippen LogP contribution >= 0.6 is 0 Å². The van der Waals surface area contributed by atoms with Gasteiger partial charge in [0.05, 0.1) is 6.10 Å². The second kappa shape index (κ2) is 9.11. The first-order chi connectivity index (χ1) is 13.1. The molecule has 2 saturated heterocycles. The van der Waals surface area contributed by atoms with Gasteiger partial charge in [0.2, 0.25) is 0 Å². The minimum absolute atomic E-state index is 0.0512. The number of fused-ring (bicyclic) bond motifs is 2. The first-order valence-electron chi connectivity index (χ1n) is 11.9. The Balaban J connectivity index is 1.26. The first kappa shape index (κ1) is 20.1. The van der Waals surface area contributed by atoms with Gasteiger partial charge in [-0.05, 0) is 109 Å². The van der Waals surface area contributed by atoms with Crippen LogP contribution < -0.4 is 5.32 Å². The van der Waals surface area contributed by atoms with E-state index in [-0.39, 0.29) is 6.29 Å². The summed E-state index contributed by atoms with van der Waals surface area (Å²) in [5, 5.41) is 4.13. The topological polar surface area (TPSA) is 33.7 Å². The zero-order chi connectivity index (χ0) is 18.8. The van der Waals surface area contributed by atoms with Gasteiger partial charge in [-0.1, -0.05) is 0 Å². The van der Waals surface area contributed by atoms with Crippen molar-refractivity contribution in [3.05, 3.63) is 0 Å². The van der Waals surface area contributed by atoms with Crippen molar-refractivity contribution in [1.29, 1.82) is 0 Å². The summed E-state index contributed by atoms with van der Waals surface area (Å²) in [4.78, 5) is 2.65. The van der Waals surface area contributed by atoms with E-state index in [2.05, 4.69) is 17.3 Å². The van der Waals surface area contributed by atoms with E-state index in [0.29, 0.717) is 6.10 Å². The van der Waals surface area contributed by atoms with Crippen molar-refractivity contribution >= 4 is 0 Å². The van der Waals surface area contributed by atoms with Crippen LogP contribution in [0.5, 0.6) is 0 Å². The standard InChI is InChI=1S/C23H42N2O2/c1-4-26-16(2)27-20-9-11-22-18(15-20)7-10-21(24-22)17-8-12-23-19(14-17)6-5-13-25(23)3/h16-24H,4-15H2,1-3H3/t16?,17?,18?,19?,20?,21?,22-,23?/m0/s1. The molecule has 1 N–H and O–H groups in total. The average molecular weight is 379 g/mol. The lowest BCUT2D eigenvalue weighted by molar-refractivity contribution is -0.170. The fourth-order valence-corrected chi connectivity index (χ4v) is 6.86. The molecule has 0 aromatic rings. The van der Waals surface area contributed by atoms with Crippen molar-refractivity contribution in [2.24, 2.45) is 17.8 Å². The third-order valence-electron chi connectivity index (χ3n) is 8.20. The van der Waals surface area contributed by atoms with Gasteiger partial charge in [-0.3, -0.25) is 0 Å². The Morgan fingerprint density at radius 2 is 1.67 bits per heavy atom. The van der Waals surface area contributed by atoms with Gasteiger partial charge in [0, 0.05) is 24.7 Å². The lowest BCUT2D eigenvalue weighted by atomic mass is 9.68. The SMILES string of the molecule is CCOC(C)OC1CC[C@@H]2NC(C3CCC4C(CCCN4C)C3)CCC2C1. The number of hydrogen-bond acceptors (Lipinski definition) is 4. The molecular formula is C23H42N2O2. The van der Waals surface area contributed by atoms with Crippen molar-refractivity contribution in [2.75, 3.05) is 20.2 Å². The summed E-state index contributed by atoms with van der Waals surface area (Å²) in [5.41, 5.74) is 0. The third kappa shape index (κ3) is 4.71. The molecule has 4 fully saturated rings. The Morgan fingerprint density at radius 1 is 0.926 bits per heavy atom. The van der Waals surface area contributed by atoms with Crippen LogP contribution in [0.4, 0.5) is 0 Å². The maximum absolute atomic E-state index is 6.14. The number of rotatable bonds is 5. The van der Waals surface area contributed by atoms with E-state index >= 15 is 0 Å². The second-order valence-corrected chi connectivity index (χ2v) is 9.83. The van der Waals surface area contributed by atoms with Crippen molar-refractivity contribution < 1.29 is 9.47 Å². The smallest absolute Gasteiger partial charge is 0.155 e. The highest BCUT2D eigenvalue weighted by atomic mass is 16.7. The molecule has 4 aliphatic rings. The molecule has 4 nitrogen and oxygen atoms in total. The van der Waals surface area contributed by atoms with E-state index in [1.807, 2.05) is 13.8 Å². The molecule has 2 aliphatic heterocycles. The number of likely N-dealkylation sites (tertiary alicyclic amines) is 1. The van der Waals surface area contributed by atoms with Crippen LogP contribution in [0.3, 0.4) is 0 Å². The average Bonchev–Trinajstić information content (AvgIpc) is 2.67. The Bertz CT molecular complexity index is 473. The highest BCUT2D eigenvalue weighted by molar-refractivity contribution is 4.97. The summed E-state index contributed by atoms with van der Waals surface area (Å²) in [6.07, 6.45) is 14.1. The molecule has 4 heteroatoms. The molecular weight excluding hydrogens is 336 g/mol. The van der Waals surface area contributed by atoms with E-state index in [9.17, 15) is 0 Å². The molecule has 7 unspecified atom stereocenters. The van der Waals surface area contributed by atoms with Gasteiger partial charge < -0.3 is 19.7 Å². The Labute approximate surface area is 166 Å². The molecule has 0 radical (unpaired) electrons. The summed E-state index contributed by atoms with van der Waals surface area (Å²) >= 11 is 0. The van der Waals surface area contributed by atoms with Gasteiger partial charge in [0.15, 0.2) is 6.29 Å². The minimum atomic E-state index is -0.0512. The minimum Gasteiger partial charge on any atom is -0.353 e. The van der Waals surface area contributed by atoms with E-state index in [4.69, 9.17) is 9.47 Å². The fourth-order valence-electron chi connectivity index (χ4n) is 6.86. The predicted octanol–water partition coefficient (Wildman–Crippen LogP) is 4.19. The molecule has 4 rings (SSSR count). The number of ether oxygens (including phenoxy) is 2. The van der Waals surface area contributed by atoms with Crippen LogP contribution in [0.2, 0.25) is 0 Å². The second-order valence-electron chi connectivity index (χ2n) is 9.83. The van der Waals surface area contributed by atoms with Gasteiger partial charge in [-0.15, -0.1) is 0 Å². The van der Waals surface area contributed by atoms with Crippen LogP contribution in [0.1, 0.15) is 78.1 Å². The zero-order valence-electron chi connectivity index (χ0n) is 17.9. The molecule has 2 aliphatic carbocycles. The largest absolute Gasteiger partial charge is 0.353 e. The molecule has 8 atom stereocenters. The highest BCUT2D eigenvalue weighted by Gasteiger charge is 2.42. The molecule has 27 heavy (non-hydrogen) atoms. The maximum Gasteiger partial charge on any atom is 0.155 e. The van der Waals surface area contributed by atoms with E-state index in [0.717, 1.165) is 42.5 Å². The monoisotopic (exact) mass is 378 g/mol. The van der Waals surface area contributed by atoms with Gasteiger partial charge in [0.25, 0.3) is 0 Å². The zero-order valence-corrected chi connectivity index (χ0v) is 17.9. The number of nitrogens with one attached hydrogen (secondary N) is 1. The Morgan fingerprint density at radius 3 is 2.48 bits per heavy atom. The normalized spacial score (nSPS) is 44.3. The van der Waals surface area contributed by atoms with Gasteiger partial charge in [0.1, 0.15) is 0 Å². The fraction of sp³-hybridized carbons (Fsp3) is 1.00. The van der Waals surface area contributed by atoms with Crippen molar-refractivity contribution in [3.8, 4) is 0 Å². The summed E-state index contributed by atoms with van der Waals surface area (Å²) in [5.74, 6) is 2.70. The molecule has 0 amide bonds. The highest BCUT2D eigenvalue weighted by Crippen LogP contribution is 2.42. The Kier molecular flexibility index (Phi) is 6.79. The summed E-state index contributed by atoms with van der Waals surface area (Å²) in [7, 11) is 2.35. The van der Waals surface area contributed by atoms with Crippen molar-refractivity contribution in [1.82, 2.24) is 10.2 Å². The molecule has 0 aromatic carbocycles. The molecule has 156 valence electrons. The van der Waals surface area contributed by atoms with E-state index < -0.39 is 0 Å². The first-order valence-corrected chi connectivity index (χ1v) is 11.9. The van der Waals surface area contributed by atoms with Crippen molar-refractivity contribution in [2.45, 2.75) is 109 Å². The number of nitrogens with zero attached hydrogens (tertiary/aromatic N) is 1. The summed E-state index contributed by atoms with van der Waals surface area (Å²) in [6, 6.07) is 2.39. The lowest BCUT2D eigenvalue weighted by Crippen LogP contribution is -2.55. The predicted molar refractivity (Wildman–Crippen MR) is 110 cm³/mol. The van der Waals surface area contributed by atoms with Crippen LogP contribution in [0.15, 0.2) is 0 Å². The Hall–Kier alpha value is -0.160. The van der Waals surface area contributed by atoms with Gasteiger partial charge in [-0.2, -0.15) is 0 Å². The lowest BCUT2D eigenvalue weighted by Gasteiger charge is -2.49. The van der Waals surface area contributed by atoms with Gasteiger partial charge in [-0.25, -0.2) is 0 Å². The quantitative estimate of drug-likeness (QED) is 0.728. The van der Waals surface area contributed by atoms with E-state index in [1.54, 1.807) is 0 Å². The maximum atomic E-state index is 6.14. The molecule has 2 saturated carbocycles. The van der Waals surface area contributed by atoms with E-state index in [1.165, 1.54) is 70.8 Å². The van der Waals surface area contributed by atoms with Crippen molar-refractivity contribution in [3.63, 3.8) is 0 Å². The van der Waals surface area contributed by atoms with Crippen LogP contribution in [0, 0.1) is 17.8 Å².